The predicted octanol–water partition coefficient (Wildman–Crippen LogP) is 4.57. The number of hydrogen-bond donors (Lipinski definition) is 1. The minimum atomic E-state index is -0.263. The van der Waals surface area contributed by atoms with Crippen molar-refractivity contribution in [1.82, 2.24) is 10.1 Å². The summed E-state index contributed by atoms with van der Waals surface area (Å²) in [5.41, 5.74) is 2.61. The minimum absolute atomic E-state index is 0.263. The van der Waals surface area contributed by atoms with Crippen LogP contribution in [-0.4, -0.2) is 16.0 Å². The number of thiazole rings is 1. The van der Waals surface area contributed by atoms with Crippen molar-refractivity contribution in [3.63, 3.8) is 0 Å². The molecular formula is C16H14ClN3O2S. The van der Waals surface area contributed by atoms with Crippen LogP contribution in [0.3, 0.4) is 0 Å². The first-order valence-corrected chi connectivity index (χ1v) is 8.32. The zero-order valence-corrected chi connectivity index (χ0v) is 14.2. The van der Waals surface area contributed by atoms with Gasteiger partial charge in [0.1, 0.15) is 11.3 Å². The summed E-state index contributed by atoms with van der Waals surface area (Å²) in [5, 5.41) is 9.63. The first-order valence-electron chi connectivity index (χ1n) is 7.07. The van der Waals surface area contributed by atoms with Gasteiger partial charge in [-0.2, -0.15) is 0 Å². The first-order chi connectivity index (χ1) is 11.1. The lowest BCUT2D eigenvalue weighted by Crippen LogP contribution is -2.14. The fourth-order valence-electron chi connectivity index (χ4n) is 2.23. The van der Waals surface area contributed by atoms with Gasteiger partial charge < -0.3 is 4.52 Å². The molecule has 0 atom stereocenters. The van der Waals surface area contributed by atoms with Gasteiger partial charge in [-0.15, -0.1) is 11.3 Å². The van der Waals surface area contributed by atoms with Gasteiger partial charge in [-0.25, -0.2) is 4.98 Å². The van der Waals surface area contributed by atoms with Crippen LogP contribution in [0.2, 0.25) is 5.02 Å². The Labute approximate surface area is 142 Å². The molecule has 0 saturated heterocycles. The summed E-state index contributed by atoms with van der Waals surface area (Å²) in [7, 11) is 0. The highest BCUT2D eigenvalue weighted by Gasteiger charge is 2.20. The zero-order chi connectivity index (χ0) is 16.4. The standard InChI is InChI=1S/C16H14ClN3O2S/c1-3-13-14(9(2)20-22-13)15(21)19-16-18-12(8-23-16)10-6-4-5-7-11(10)17/h4-8H,3H2,1-2H3,(H,18,19,21). The predicted molar refractivity (Wildman–Crippen MR) is 91.1 cm³/mol. The number of benzene rings is 1. The largest absolute Gasteiger partial charge is 0.360 e. The van der Waals surface area contributed by atoms with Crippen molar-refractivity contribution in [3.8, 4) is 11.3 Å². The van der Waals surface area contributed by atoms with Gasteiger partial charge in [-0.3, -0.25) is 10.1 Å². The number of rotatable bonds is 4. The highest BCUT2D eigenvalue weighted by atomic mass is 35.5. The van der Waals surface area contributed by atoms with Gasteiger partial charge in [0, 0.05) is 22.4 Å². The molecule has 1 aromatic carbocycles. The normalized spacial score (nSPS) is 10.7. The topological polar surface area (TPSA) is 68.0 Å². The molecule has 1 amide bonds. The van der Waals surface area contributed by atoms with E-state index in [0.717, 1.165) is 11.3 Å². The molecule has 7 heteroatoms. The number of hydrogen-bond acceptors (Lipinski definition) is 5. The van der Waals surface area contributed by atoms with Crippen LogP contribution in [0.1, 0.15) is 28.7 Å². The van der Waals surface area contributed by atoms with E-state index in [4.69, 9.17) is 16.1 Å². The van der Waals surface area contributed by atoms with E-state index in [2.05, 4.69) is 15.5 Å². The summed E-state index contributed by atoms with van der Waals surface area (Å²) in [4.78, 5) is 16.8. The average molecular weight is 348 g/mol. The van der Waals surface area contributed by atoms with Crippen LogP contribution in [0.5, 0.6) is 0 Å². The lowest BCUT2D eigenvalue weighted by molar-refractivity contribution is 0.102. The summed E-state index contributed by atoms with van der Waals surface area (Å²) in [6, 6.07) is 7.46. The van der Waals surface area contributed by atoms with Crippen molar-refractivity contribution in [2.45, 2.75) is 20.3 Å². The van der Waals surface area contributed by atoms with Gasteiger partial charge in [0.05, 0.1) is 11.4 Å². The van der Waals surface area contributed by atoms with Gasteiger partial charge in [0.2, 0.25) is 0 Å². The van der Waals surface area contributed by atoms with Gasteiger partial charge in [0.25, 0.3) is 5.91 Å². The second-order valence-corrected chi connectivity index (χ2v) is 6.16. The van der Waals surface area contributed by atoms with Crippen LogP contribution in [-0.2, 0) is 6.42 Å². The summed E-state index contributed by atoms with van der Waals surface area (Å²) in [5.74, 6) is 0.309. The molecule has 0 aliphatic rings. The van der Waals surface area contributed by atoms with Gasteiger partial charge in [-0.1, -0.05) is 41.9 Å². The Balaban J connectivity index is 1.83. The number of anilines is 1. The maximum atomic E-state index is 12.4. The van der Waals surface area contributed by atoms with Crippen LogP contribution in [0.4, 0.5) is 5.13 Å². The first kappa shape index (κ1) is 15.7. The Kier molecular flexibility index (Phi) is 4.45. The lowest BCUT2D eigenvalue weighted by Gasteiger charge is -2.02. The number of nitrogens with one attached hydrogen (secondary N) is 1. The number of nitrogens with zero attached hydrogens (tertiary/aromatic N) is 2. The molecule has 0 unspecified atom stereocenters. The Morgan fingerprint density at radius 3 is 2.91 bits per heavy atom. The smallest absolute Gasteiger partial charge is 0.262 e. The summed E-state index contributed by atoms with van der Waals surface area (Å²) >= 11 is 7.52. The fraction of sp³-hybridized carbons (Fsp3) is 0.188. The van der Waals surface area contributed by atoms with Crippen LogP contribution in [0, 0.1) is 6.92 Å². The monoisotopic (exact) mass is 347 g/mol. The number of halogens is 1. The Morgan fingerprint density at radius 2 is 2.17 bits per heavy atom. The quantitative estimate of drug-likeness (QED) is 0.750. The average Bonchev–Trinajstić information content (AvgIpc) is 3.14. The SMILES string of the molecule is CCc1onc(C)c1C(=O)Nc1nc(-c2ccccc2Cl)cs1. The van der Waals surface area contributed by atoms with Crippen molar-refractivity contribution < 1.29 is 9.32 Å². The lowest BCUT2D eigenvalue weighted by atomic mass is 10.1. The molecule has 118 valence electrons. The third-order valence-corrected chi connectivity index (χ3v) is 4.44. The Hall–Kier alpha value is -2.18. The van der Waals surface area contributed by atoms with Crippen molar-refractivity contribution in [3.05, 3.63) is 51.7 Å². The highest BCUT2D eigenvalue weighted by Crippen LogP contribution is 2.30. The molecule has 2 heterocycles. The molecule has 3 aromatic rings. The molecule has 0 fully saturated rings. The minimum Gasteiger partial charge on any atom is -0.360 e. The third kappa shape index (κ3) is 3.13. The number of aromatic nitrogens is 2. The van der Waals surface area contributed by atoms with Gasteiger partial charge in [-0.05, 0) is 13.0 Å². The van der Waals surface area contributed by atoms with Crippen molar-refractivity contribution in [1.29, 1.82) is 0 Å². The van der Waals surface area contributed by atoms with E-state index >= 15 is 0 Å². The van der Waals surface area contributed by atoms with Crippen molar-refractivity contribution in [2.75, 3.05) is 5.32 Å². The fourth-order valence-corrected chi connectivity index (χ4v) is 3.17. The van der Waals surface area contributed by atoms with E-state index < -0.39 is 0 Å². The van der Waals surface area contributed by atoms with Crippen molar-refractivity contribution in [2.24, 2.45) is 0 Å². The molecule has 0 aliphatic heterocycles. The molecule has 23 heavy (non-hydrogen) atoms. The Bertz CT molecular complexity index is 857. The molecular weight excluding hydrogens is 334 g/mol. The van der Waals surface area contributed by atoms with E-state index in [1.165, 1.54) is 11.3 Å². The van der Waals surface area contributed by atoms with E-state index in [9.17, 15) is 4.79 Å². The van der Waals surface area contributed by atoms with Crippen LogP contribution in [0.15, 0.2) is 34.2 Å². The van der Waals surface area contributed by atoms with E-state index in [-0.39, 0.29) is 5.91 Å². The molecule has 2 aromatic heterocycles. The number of amides is 1. The Morgan fingerprint density at radius 1 is 1.39 bits per heavy atom. The van der Waals surface area contributed by atoms with E-state index in [1.807, 2.05) is 36.6 Å². The van der Waals surface area contributed by atoms with Crippen LogP contribution < -0.4 is 5.32 Å². The second kappa shape index (κ2) is 6.52. The van der Waals surface area contributed by atoms with Gasteiger partial charge >= 0.3 is 0 Å². The zero-order valence-electron chi connectivity index (χ0n) is 12.6. The molecule has 0 saturated carbocycles. The summed E-state index contributed by atoms with van der Waals surface area (Å²) in [6.07, 6.45) is 0.604. The molecule has 5 nitrogen and oxygen atoms in total. The second-order valence-electron chi connectivity index (χ2n) is 4.89. The maximum Gasteiger partial charge on any atom is 0.262 e. The number of aryl methyl sites for hydroxylation is 2. The van der Waals surface area contributed by atoms with E-state index in [1.54, 1.807) is 6.92 Å². The highest BCUT2D eigenvalue weighted by molar-refractivity contribution is 7.14. The van der Waals surface area contributed by atoms with Gasteiger partial charge in [0.15, 0.2) is 5.13 Å². The van der Waals surface area contributed by atoms with Crippen LogP contribution in [0.25, 0.3) is 11.3 Å². The number of carbonyl (C=O) groups is 1. The molecule has 3 rings (SSSR count). The summed E-state index contributed by atoms with van der Waals surface area (Å²) < 4.78 is 5.15. The molecule has 0 spiro atoms. The van der Waals surface area contributed by atoms with Crippen molar-refractivity contribution >= 4 is 34.0 Å². The molecule has 0 bridgehead atoms. The third-order valence-electron chi connectivity index (χ3n) is 3.36. The van der Waals surface area contributed by atoms with E-state index in [0.29, 0.717) is 33.6 Å². The molecule has 1 N–H and O–H groups in total. The summed E-state index contributed by atoms with van der Waals surface area (Å²) in [6.45, 7) is 3.66. The maximum absolute atomic E-state index is 12.4. The number of carbonyl (C=O) groups excluding carboxylic acids is 1. The molecule has 0 radical (unpaired) electrons. The molecule has 0 aliphatic carbocycles. The van der Waals surface area contributed by atoms with Crippen LogP contribution >= 0.6 is 22.9 Å².